The maximum atomic E-state index is 12.5. The smallest absolute Gasteiger partial charge is 0.305 e. The summed E-state index contributed by atoms with van der Waals surface area (Å²) in [5.41, 5.74) is 1.22. The molecule has 6 nitrogen and oxygen atoms in total. The van der Waals surface area contributed by atoms with Crippen LogP contribution in [0, 0.1) is 5.92 Å². The molecule has 0 bridgehead atoms. The van der Waals surface area contributed by atoms with E-state index in [9.17, 15) is 23.4 Å². The molecule has 1 aromatic carbocycles. The molecule has 1 heterocycles. The number of sulfone groups is 1. The van der Waals surface area contributed by atoms with Gasteiger partial charge in [-0.05, 0) is 37.7 Å². The monoisotopic (exact) mass is 452 g/mol. The van der Waals surface area contributed by atoms with E-state index in [1.165, 1.54) is 12.7 Å². The standard InChI is InChI=1S/C24H36O6S/c1-30-24(27)15-8-3-2-7-14-23-21(22(26)18-31(23,28)29)17-16-20(25)13-9-12-19-10-5-4-6-11-19/h4-6,10-11,16-17,20-23,25-26H,2-3,7-9,12-15,18H2,1H3/b17-16+. The number of benzene rings is 1. The summed E-state index contributed by atoms with van der Waals surface area (Å²) in [7, 11) is -1.99. The van der Waals surface area contributed by atoms with Crippen LogP contribution in [0.25, 0.3) is 0 Å². The van der Waals surface area contributed by atoms with E-state index >= 15 is 0 Å². The number of aryl methyl sites for hydroxylation is 1. The summed E-state index contributed by atoms with van der Waals surface area (Å²) in [6.45, 7) is 0. The largest absolute Gasteiger partial charge is 0.469 e. The van der Waals surface area contributed by atoms with Gasteiger partial charge in [0.15, 0.2) is 9.84 Å². The lowest BCUT2D eigenvalue weighted by atomic mass is 9.94. The molecule has 1 saturated heterocycles. The Morgan fingerprint density at radius 2 is 1.87 bits per heavy atom. The third kappa shape index (κ3) is 8.75. The molecule has 2 rings (SSSR count). The molecule has 1 aliphatic rings. The molecule has 1 fully saturated rings. The van der Waals surface area contributed by atoms with Gasteiger partial charge in [-0.15, -0.1) is 0 Å². The summed E-state index contributed by atoms with van der Waals surface area (Å²) >= 11 is 0. The SMILES string of the molecule is COC(=O)CCCCCCC1C(/C=C/C(O)CCCc2ccccc2)C(O)CS1(=O)=O. The number of carbonyl (C=O) groups excluding carboxylic acids is 1. The van der Waals surface area contributed by atoms with E-state index in [-0.39, 0.29) is 11.7 Å². The van der Waals surface area contributed by atoms with Gasteiger partial charge in [-0.2, -0.15) is 0 Å². The Bertz CT molecular complexity index is 790. The molecular formula is C24H36O6S. The van der Waals surface area contributed by atoms with E-state index in [2.05, 4.69) is 16.9 Å². The predicted molar refractivity (Wildman–Crippen MR) is 121 cm³/mol. The first-order chi connectivity index (χ1) is 14.8. The highest BCUT2D eigenvalue weighted by molar-refractivity contribution is 7.92. The highest BCUT2D eigenvalue weighted by Gasteiger charge is 2.44. The third-order valence-electron chi connectivity index (χ3n) is 5.95. The second kappa shape index (κ2) is 13.0. The van der Waals surface area contributed by atoms with Crippen molar-refractivity contribution in [3.8, 4) is 0 Å². The first kappa shape index (κ1) is 25.6. The maximum absolute atomic E-state index is 12.5. The van der Waals surface area contributed by atoms with Gasteiger partial charge in [0.25, 0.3) is 0 Å². The average Bonchev–Trinajstić information content (AvgIpc) is 2.96. The van der Waals surface area contributed by atoms with Crippen LogP contribution in [0.5, 0.6) is 0 Å². The second-order valence-corrected chi connectivity index (χ2v) is 10.6. The molecule has 0 aliphatic carbocycles. The summed E-state index contributed by atoms with van der Waals surface area (Å²) < 4.78 is 29.6. The zero-order valence-electron chi connectivity index (χ0n) is 18.4. The van der Waals surface area contributed by atoms with Crippen LogP contribution in [0.2, 0.25) is 0 Å². The van der Waals surface area contributed by atoms with Crippen LogP contribution >= 0.6 is 0 Å². The van der Waals surface area contributed by atoms with Crippen LogP contribution in [-0.4, -0.2) is 54.9 Å². The number of esters is 1. The van der Waals surface area contributed by atoms with Crippen molar-refractivity contribution in [3.63, 3.8) is 0 Å². The predicted octanol–water partition coefficient (Wildman–Crippen LogP) is 3.21. The molecule has 31 heavy (non-hydrogen) atoms. The molecule has 1 aliphatic heterocycles. The molecule has 4 atom stereocenters. The fourth-order valence-electron chi connectivity index (χ4n) is 4.17. The van der Waals surface area contributed by atoms with Crippen LogP contribution in [0.15, 0.2) is 42.5 Å². The van der Waals surface area contributed by atoms with Crippen molar-refractivity contribution in [2.75, 3.05) is 12.9 Å². The Kier molecular flexibility index (Phi) is 10.7. The molecule has 0 saturated carbocycles. The fraction of sp³-hybridized carbons (Fsp3) is 0.625. The number of aliphatic hydroxyl groups excluding tert-OH is 2. The molecule has 4 unspecified atom stereocenters. The van der Waals surface area contributed by atoms with Gasteiger partial charge in [0.1, 0.15) is 0 Å². The van der Waals surface area contributed by atoms with Crippen molar-refractivity contribution in [2.24, 2.45) is 5.92 Å². The number of ether oxygens (including phenoxy) is 1. The molecule has 174 valence electrons. The van der Waals surface area contributed by atoms with Crippen molar-refractivity contribution >= 4 is 15.8 Å². The van der Waals surface area contributed by atoms with E-state index in [1.54, 1.807) is 12.2 Å². The number of hydrogen-bond acceptors (Lipinski definition) is 6. The zero-order chi connectivity index (χ0) is 22.7. The number of methoxy groups -OCH3 is 1. The van der Waals surface area contributed by atoms with Crippen molar-refractivity contribution in [3.05, 3.63) is 48.0 Å². The van der Waals surface area contributed by atoms with E-state index < -0.39 is 33.2 Å². The number of aliphatic hydroxyl groups is 2. The summed E-state index contributed by atoms with van der Waals surface area (Å²) in [6.07, 6.45) is 8.04. The Balaban J connectivity index is 1.79. The lowest BCUT2D eigenvalue weighted by Gasteiger charge is -2.18. The molecule has 2 N–H and O–H groups in total. The Morgan fingerprint density at radius 1 is 1.16 bits per heavy atom. The molecular weight excluding hydrogens is 416 g/mol. The van der Waals surface area contributed by atoms with Crippen LogP contribution in [0.1, 0.15) is 56.9 Å². The minimum Gasteiger partial charge on any atom is -0.469 e. The lowest BCUT2D eigenvalue weighted by Crippen LogP contribution is -2.24. The minimum atomic E-state index is -3.35. The van der Waals surface area contributed by atoms with Crippen LogP contribution < -0.4 is 0 Å². The number of rotatable bonds is 13. The third-order valence-corrected chi connectivity index (χ3v) is 8.23. The van der Waals surface area contributed by atoms with Crippen LogP contribution in [0.3, 0.4) is 0 Å². The molecule has 7 heteroatoms. The van der Waals surface area contributed by atoms with Crippen molar-refractivity contribution < 1.29 is 28.2 Å². The Hall–Kier alpha value is -1.70. The Morgan fingerprint density at radius 3 is 2.58 bits per heavy atom. The quantitative estimate of drug-likeness (QED) is 0.271. The highest BCUT2D eigenvalue weighted by Crippen LogP contribution is 2.32. The zero-order valence-corrected chi connectivity index (χ0v) is 19.2. The Labute approximate surface area is 186 Å². The normalized spacial score (nSPS) is 23.8. The van der Waals surface area contributed by atoms with Gasteiger partial charge in [-0.3, -0.25) is 4.79 Å². The molecule has 0 spiro atoms. The summed E-state index contributed by atoms with van der Waals surface area (Å²) in [6, 6.07) is 10.1. The van der Waals surface area contributed by atoms with Gasteiger partial charge < -0.3 is 14.9 Å². The van der Waals surface area contributed by atoms with Gasteiger partial charge in [0, 0.05) is 12.3 Å². The van der Waals surface area contributed by atoms with Gasteiger partial charge in [0.2, 0.25) is 0 Å². The summed E-state index contributed by atoms with van der Waals surface area (Å²) in [5, 5.41) is 20.0. The maximum Gasteiger partial charge on any atom is 0.305 e. The first-order valence-electron chi connectivity index (χ1n) is 11.2. The number of carbonyl (C=O) groups is 1. The number of hydrogen-bond donors (Lipinski definition) is 2. The van der Waals surface area contributed by atoms with Gasteiger partial charge in [-0.25, -0.2) is 8.42 Å². The first-order valence-corrected chi connectivity index (χ1v) is 12.9. The van der Waals surface area contributed by atoms with E-state index in [0.29, 0.717) is 19.3 Å². The van der Waals surface area contributed by atoms with Crippen molar-refractivity contribution in [2.45, 2.75) is 75.2 Å². The minimum absolute atomic E-state index is 0.223. The molecule has 0 aromatic heterocycles. The molecule has 0 radical (unpaired) electrons. The topological polar surface area (TPSA) is 101 Å². The summed E-state index contributed by atoms with van der Waals surface area (Å²) in [4.78, 5) is 11.1. The average molecular weight is 453 g/mol. The second-order valence-electron chi connectivity index (χ2n) is 8.37. The number of unbranched alkanes of at least 4 members (excludes halogenated alkanes) is 3. The lowest BCUT2D eigenvalue weighted by molar-refractivity contribution is -0.140. The molecule has 1 aromatic rings. The summed E-state index contributed by atoms with van der Waals surface area (Å²) in [5.74, 6) is -0.933. The van der Waals surface area contributed by atoms with Crippen LogP contribution in [0.4, 0.5) is 0 Å². The van der Waals surface area contributed by atoms with Crippen molar-refractivity contribution in [1.82, 2.24) is 0 Å². The van der Waals surface area contributed by atoms with Crippen molar-refractivity contribution in [1.29, 1.82) is 0 Å². The van der Waals surface area contributed by atoms with Gasteiger partial charge >= 0.3 is 5.97 Å². The van der Waals surface area contributed by atoms with E-state index in [4.69, 9.17) is 0 Å². The molecule has 0 amide bonds. The van der Waals surface area contributed by atoms with E-state index in [0.717, 1.165) is 38.5 Å². The highest BCUT2D eigenvalue weighted by atomic mass is 32.2. The van der Waals surface area contributed by atoms with E-state index in [1.807, 2.05) is 18.2 Å². The fourth-order valence-corrected chi connectivity index (χ4v) is 6.39. The van der Waals surface area contributed by atoms with Gasteiger partial charge in [0.05, 0.1) is 30.3 Å². The van der Waals surface area contributed by atoms with Crippen LogP contribution in [-0.2, 0) is 25.8 Å². The van der Waals surface area contributed by atoms with Gasteiger partial charge in [-0.1, -0.05) is 61.7 Å².